The summed E-state index contributed by atoms with van der Waals surface area (Å²) >= 11 is 3.47. The Morgan fingerprint density at radius 3 is 2.89 bits per heavy atom. The molecule has 0 unspecified atom stereocenters. The van der Waals surface area contributed by atoms with Crippen molar-refractivity contribution in [1.82, 2.24) is 4.98 Å². The summed E-state index contributed by atoms with van der Waals surface area (Å²) in [7, 11) is 0. The zero-order valence-corrected chi connectivity index (χ0v) is 11.8. The van der Waals surface area contributed by atoms with Crippen LogP contribution in [0.1, 0.15) is 11.1 Å². The van der Waals surface area contributed by atoms with Crippen LogP contribution in [0.3, 0.4) is 0 Å². The second-order valence-corrected chi connectivity index (χ2v) is 4.87. The van der Waals surface area contributed by atoms with E-state index < -0.39 is 0 Å². The van der Waals surface area contributed by atoms with Crippen LogP contribution >= 0.6 is 15.9 Å². The lowest BCUT2D eigenvalue weighted by Crippen LogP contribution is -2.04. The number of hydrogen-bond donors (Lipinski definition) is 1. The van der Waals surface area contributed by atoms with Crippen LogP contribution in [-0.4, -0.2) is 11.5 Å². The first kappa shape index (κ1) is 13.1. The molecule has 3 nitrogen and oxygen atoms in total. The summed E-state index contributed by atoms with van der Waals surface area (Å²) in [6.45, 7) is 2.61. The van der Waals surface area contributed by atoms with Crippen molar-refractivity contribution in [1.29, 1.82) is 0 Å². The molecule has 94 valence electrons. The van der Waals surface area contributed by atoms with Gasteiger partial charge < -0.3 is 10.5 Å². The number of nitrogens with zero attached hydrogens (tertiary/aromatic N) is 1. The van der Waals surface area contributed by atoms with Crippen molar-refractivity contribution in [2.45, 2.75) is 13.3 Å². The number of benzene rings is 1. The first-order chi connectivity index (χ1) is 8.70. The molecule has 0 aliphatic carbocycles. The molecule has 0 spiro atoms. The van der Waals surface area contributed by atoms with Crippen LogP contribution in [0.2, 0.25) is 0 Å². The molecule has 0 aliphatic heterocycles. The zero-order valence-electron chi connectivity index (χ0n) is 10.2. The van der Waals surface area contributed by atoms with Crippen molar-refractivity contribution in [3.8, 4) is 11.6 Å². The fourth-order valence-electron chi connectivity index (χ4n) is 1.65. The van der Waals surface area contributed by atoms with Gasteiger partial charge in [-0.15, -0.1) is 0 Å². The van der Waals surface area contributed by atoms with Gasteiger partial charge in [-0.25, -0.2) is 4.98 Å². The Hall–Kier alpha value is -1.39. The van der Waals surface area contributed by atoms with E-state index in [1.165, 1.54) is 0 Å². The predicted molar refractivity (Wildman–Crippen MR) is 75.9 cm³/mol. The fraction of sp³-hybridized carbons (Fsp3) is 0.214. The van der Waals surface area contributed by atoms with Gasteiger partial charge in [-0.1, -0.05) is 22.0 Å². The summed E-state index contributed by atoms with van der Waals surface area (Å²) < 4.78 is 6.88. The standard InChI is InChI=1S/C14H15BrN2O/c1-10-9-12(4-5-13(10)15)18-14-11(6-7-16)3-2-8-17-14/h2-5,8-9H,6-7,16H2,1H3. The molecule has 18 heavy (non-hydrogen) atoms. The van der Waals surface area contributed by atoms with Gasteiger partial charge in [-0.05, 0) is 49.7 Å². The Labute approximate surface area is 115 Å². The molecule has 1 aromatic carbocycles. The van der Waals surface area contributed by atoms with E-state index >= 15 is 0 Å². The summed E-state index contributed by atoms with van der Waals surface area (Å²) in [5, 5.41) is 0. The number of halogens is 1. The van der Waals surface area contributed by atoms with Gasteiger partial charge in [-0.3, -0.25) is 0 Å². The van der Waals surface area contributed by atoms with Crippen LogP contribution in [0.5, 0.6) is 11.6 Å². The Morgan fingerprint density at radius 1 is 1.33 bits per heavy atom. The van der Waals surface area contributed by atoms with Crippen molar-refractivity contribution in [2.24, 2.45) is 5.73 Å². The molecular formula is C14H15BrN2O. The van der Waals surface area contributed by atoms with E-state index in [9.17, 15) is 0 Å². The normalized spacial score (nSPS) is 10.4. The summed E-state index contributed by atoms with van der Waals surface area (Å²) in [4.78, 5) is 4.26. The number of aromatic nitrogens is 1. The second kappa shape index (κ2) is 5.98. The second-order valence-electron chi connectivity index (χ2n) is 4.02. The number of ether oxygens (including phenoxy) is 1. The largest absolute Gasteiger partial charge is 0.439 e. The molecule has 2 N–H and O–H groups in total. The maximum absolute atomic E-state index is 5.81. The van der Waals surface area contributed by atoms with Crippen molar-refractivity contribution in [2.75, 3.05) is 6.54 Å². The maximum atomic E-state index is 5.81. The Bertz CT molecular complexity index is 543. The van der Waals surface area contributed by atoms with Gasteiger partial charge in [0.25, 0.3) is 0 Å². The molecule has 0 saturated heterocycles. The van der Waals surface area contributed by atoms with Crippen molar-refractivity contribution in [3.63, 3.8) is 0 Å². The highest BCUT2D eigenvalue weighted by atomic mass is 79.9. The van der Waals surface area contributed by atoms with Crippen molar-refractivity contribution < 1.29 is 4.74 Å². The molecule has 1 heterocycles. The van der Waals surface area contributed by atoms with Crippen LogP contribution < -0.4 is 10.5 Å². The van der Waals surface area contributed by atoms with E-state index in [1.54, 1.807) is 6.20 Å². The minimum Gasteiger partial charge on any atom is -0.439 e. The number of aryl methyl sites for hydroxylation is 1. The molecular weight excluding hydrogens is 292 g/mol. The number of nitrogens with two attached hydrogens (primary N) is 1. The van der Waals surface area contributed by atoms with E-state index in [1.807, 2.05) is 37.3 Å². The lowest BCUT2D eigenvalue weighted by atomic mass is 10.2. The van der Waals surface area contributed by atoms with Gasteiger partial charge in [0, 0.05) is 16.2 Å². The lowest BCUT2D eigenvalue weighted by Gasteiger charge is -2.10. The van der Waals surface area contributed by atoms with Gasteiger partial charge in [0.2, 0.25) is 5.88 Å². The molecule has 0 aliphatic rings. The van der Waals surface area contributed by atoms with Crippen molar-refractivity contribution in [3.05, 3.63) is 52.1 Å². The highest BCUT2D eigenvalue weighted by molar-refractivity contribution is 9.10. The minimum absolute atomic E-state index is 0.585. The summed E-state index contributed by atoms with van der Waals surface area (Å²) in [6.07, 6.45) is 2.49. The number of hydrogen-bond acceptors (Lipinski definition) is 3. The average molecular weight is 307 g/mol. The highest BCUT2D eigenvalue weighted by Gasteiger charge is 2.06. The Kier molecular flexibility index (Phi) is 4.33. The topological polar surface area (TPSA) is 48.1 Å². The minimum atomic E-state index is 0.585. The van der Waals surface area contributed by atoms with E-state index in [0.717, 1.165) is 27.8 Å². The van der Waals surface area contributed by atoms with E-state index in [0.29, 0.717) is 12.4 Å². The number of rotatable bonds is 4. The maximum Gasteiger partial charge on any atom is 0.222 e. The van der Waals surface area contributed by atoms with Crippen molar-refractivity contribution >= 4 is 15.9 Å². The quantitative estimate of drug-likeness (QED) is 0.941. The first-order valence-corrected chi connectivity index (χ1v) is 6.58. The molecule has 4 heteroatoms. The SMILES string of the molecule is Cc1cc(Oc2ncccc2CCN)ccc1Br. The fourth-order valence-corrected chi connectivity index (χ4v) is 1.90. The smallest absolute Gasteiger partial charge is 0.222 e. The number of pyridine rings is 1. The van der Waals surface area contributed by atoms with Gasteiger partial charge in [-0.2, -0.15) is 0 Å². The third-order valence-corrected chi connectivity index (χ3v) is 3.50. The van der Waals surface area contributed by atoms with E-state index in [4.69, 9.17) is 10.5 Å². The molecule has 0 atom stereocenters. The molecule has 2 aromatic rings. The molecule has 0 radical (unpaired) electrons. The zero-order chi connectivity index (χ0) is 13.0. The summed E-state index contributed by atoms with van der Waals surface area (Å²) in [5.41, 5.74) is 7.73. The van der Waals surface area contributed by atoms with Crippen LogP contribution in [0, 0.1) is 6.92 Å². The monoisotopic (exact) mass is 306 g/mol. The molecule has 0 amide bonds. The van der Waals surface area contributed by atoms with E-state index in [-0.39, 0.29) is 0 Å². The lowest BCUT2D eigenvalue weighted by molar-refractivity contribution is 0.456. The van der Waals surface area contributed by atoms with Gasteiger partial charge in [0.1, 0.15) is 5.75 Å². The average Bonchev–Trinajstić information content (AvgIpc) is 2.37. The molecule has 1 aromatic heterocycles. The summed E-state index contributed by atoms with van der Waals surface area (Å²) in [5.74, 6) is 1.41. The molecule has 0 saturated carbocycles. The van der Waals surface area contributed by atoms with Crippen LogP contribution in [0.4, 0.5) is 0 Å². The Morgan fingerprint density at radius 2 is 2.17 bits per heavy atom. The van der Waals surface area contributed by atoms with E-state index in [2.05, 4.69) is 20.9 Å². The molecule has 0 fully saturated rings. The Balaban J connectivity index is 2.25. The molecule has 0 bridgehead atoms. The first-order valence-electron chi connectivity index (χ1n) is 5.78. The van der Waals surface area contributed by atoms with Gasteiger partial charge in [0.05, 0.1) is 0 Å². The van der Waals surface area contributed by atoms with Crippen LogP contribution in [0.25, 0.3) is 0 Å². The summed E-state index contributed by atoms with van der Waals surface area (Å²) in [6, 6.07) is 9.74. The third kappa shape index (κ3) is 3.09. The van der Waals surface area contributed by atoms with Gasteiger partial charge >= 0.3 is 0 Å². The van der Waals surface area contributed by atoms with Gasteiger partial charge in [0.15, 0.2) is 0 Å². The highest BCUT2D eigenvalue weighted by Crippen LogP contribution is 2.26. The molecule has 2 rings (SSSR count). The predicted octanol–water partition coefficient (Wildman–Crippen LogP) is 3.45. The third-order valence-electron chi connectivity index (χ3n) is 2.61. The van der Waals surface area contributed by atoms with Crippen LogP contribution in [0.15, 0.2) is 41.0 Å². The van der Waals surface area contributed by atoms with Crippen LogP contribution in [-0.2, 0) is 6.42 Å².